The Labute approximate surface area is 170 Å². The van der Waals surface area contributed by atoms with E-state index < -0.39 is 6.03 Å². The quantitative estimate of drug-likeness (QED) is 0.773. The van der Waals surface area contributed by atoms with E-state index in [2.05, 4.69) is 9.97 Å². The largest absolute Gasteiger partial charge is 0.367 e. The van der Waals surface area contributed by atoms with E-state index in [4.69, 9.17) is 10.5 Å². The summed E-state index contributed by atoms with van der Waals surface area (Å²) < 4.78 is 5.58. The summed E-state index contributed by atoms with van der Waals surface area (Å²) in [5.74, 6) is 0.617. The van der Waals surface area contributed by atoms with Crippen LogP contribution in [-0.2, 0) is 22.6 Å². The standard InChI is InChI=1S/C21H27N5O3/c1-3-25(4-2)19(27)14-29-13-15-8-17(11-23-10-15)18-9-16-6-5-7-26(21(22)28)20(16)24-12-18/h8-12H,3-7,13-14H2,1-2H3,(H2,22,28). The molecule has 0 unspecified atom stereocenters. The second-order valence-electron chi connectivity index (χ2n) is 6.94. The zero-order valence-corrected chi connectivity index (χ0v) is 16.9. The van der Waals surface area contributed by atoms with Gasteiger partial charge in [-0.25, -0.2) is 9.78 Å². The number of urea groups is 1. The minimum atomic E-state index is -0.480. The van der Waals surface area contributed by atoms with Crippen molar-refractivity contribution in [2.24, 2.45) is 5.73 Å². The molecule has 0 atom stereocenters. The molecule has 0 fully saturated rings. The number of hydrogen-bond acceptors (Lipinski definition) is 5. The molecule has 0 saturated carbocycles. The molecule has 2 aromatic heterocycles. The number of ether oxygens (including phenoxy) is 1. The lowest BCUT2D eigenvalue weighted by Crippen LogP contribution is -2.40. The Bertz CT molecular complexity index is 882. The molecular weight excluding hydrogens is 370 g/mol. The molecule has 0 aliphatic carbocycles. The molecule has 0 radical (unpaired) electrons. The molecule has 154 valence electrons. The number of likely N-dealkylation sites (N-methyl/N-ethyl adjacent to an activating group) is 1. The predicted octanol–water partition coefficient (Wildman–Crippen LogP) is 2.36. The smallest absolute Gasteiger partial charge is 0.320 e. The maximum Gasteiger partial charge on any atom is 0.320 e. The summed E-state index contributed by atoms with van der Waals surface area (Å²) in [4.78, 5) is 35.6. The molecule has 8 heteroatoms. The van der Waals surface area contributed by atoms with Gasteiger partial charge in [0.1, 0.15) is 12.4 Å². The van der Waals surface area contributed by atoms with E-state index in [1.807, 2.05) is 26.0 Å². The maximum absolute atomic E-state index is 12.0. The molecule has 2 N–H and O–H groups in total. The predicted molar refractivity (Wildman–Crippen MR) is 110 cm³/mol. The number of fused-ring (bicyclic) bond motifs is 1. The number of amides is 3. The van der Waals surface area contributed by atoms with Crippen LogP contribution in [0.25, 0.3) is 11.1 Å². The Morgan fingerprint density at radius 1 is 1.17 bits per heavy atom. The number of nitrogens with zero attached hydrogens (tertiary/aromatic N) is 4. The van der Waals surface area contributed by atoms with E-state index >= 15 is 0 Å². The van der Waals surface area contributed by atoms with Crippen LogP contribution in [0.1, 0.15) is 31.4 Å². The average Bonchev–Trinajstić information content (AvgIpc) is 2.74. The summed E-state index contributed by atoms with van der Waals surface area (Å²) in [6.07, 6.45) is 6.93. The molecule has 0 bridgehead atoms. The van der Waals surface area contributed by atoms with Crippen LogP contribution in [-0.4, -0.2) is 53.0 Å². The van der Waals surface area contributed by atoms with Gasteiger partial charge in [0.2, 0.25) is 5.91 Å². The summed E-state index contributed by atoms with van der Waals surface area (Å²) in [5, 5.41) is 0. The summed E-state index contributed by atoms with van der Waals surface area (Å²) in [6, 6.07) is 3.53. The zero-order chi connectivity index (χ0) is 20.8. The summed E-state index contributed by atoms with van der Waals surface area (Å²) in [7, 11) is 0. The van der Waals surface area contributed by atoms with Crippen LogP contribution >= 0.6 is 0 Å². The zero-order valence-electron chi connectivity index (χ0n) is 16.9. The van der Waals surface area contributed by atoms with Gasteiger partial charge in [-0.1, -0.05) is 0 Å². The minimum Gasteiger partial charge on any atom is -0.367 e. The van der Waals surface area contributed by atoms with Crippen molar-refractivity contribution in [3.05, 3.63) is 41.9 Å². The lowest BCUT2D eigenvalue weighted by Gasteiger charge is -2.26. The molecular formula is C21H27N5O3. The molecule has 1 aliphatic rings. The Hall–Kier alpha value is -3.00. The van der Waals surface area contributed by atoms with Crippen molar-refractivity contribution in [3.63, 3.8) is 0 Å². The monoisotopic (exact) mass is 397 g/mol. The Kier molecular flexibility index (Phi) is 6.77. The normalized spacial score (nSPS) is 13.1. The van der Waals surface area contributed by atoms with E-state index in [0.717, 1.165) is 35.1 Å². The molecule has 0 saturated heterocycles. The Morgan fingerprint density at radius 2 is 1.93 bits per heavy atom. The highest BCUT2D eigenvalue weighted by Gasteiger charge is 2.22. The first-order valence-corrected chi connectivity index (χ1v) is 9.89. The lowest BCUT2D eigenvalue weighted by atomic mass is 10.0. The van der Waals surface area contributed by atoms with Gasteiger partial charge in [0.25, 0.3) is 0 Å². The number of pyridine rings is 2. The van der Waals surface area contributed by atoms with Crippen LogP contribution in [0.15, 0.2) is 30.7 Å². The number of aryl methyl sites for hydroxylation is 1. The molecule has 29 heavy (non-hydrogen) atoms. The number of primary amides is 1. The van der Waals surface area contributed by atoms with Crippen molar-refractivity contribution >= 4 is 17.8 Å². The van der Waals surface area contributed by atoms with Gasteiger partial charge in [-0.3, -0.25) is 14.7 Å². The van der Waals surface area contributed by atoms with Crippen molar-refractivity contribution in [1.29, 1.82) is 0 Å². The van der Waals surface area contributed by atoms with Crippen molar-refractivity contribution in [2.75, 3.05) is 31.1 Å². The first kappa shape index (κ1) is 20.7. The number of nitrogens with two attached hydrogens (primary N) is 1. The molecule has 8 nitrogen and oxygen atoms in total. The lowest BCUT2D eigenvalue weighted by molar-refractivity contribution is -0.136. The number of rotatable bonds is 7. The van der Waals surface area contributed by atoms with Gasteiger partial charge in [-0.15, -0.1) is 0 Å². The van der Waals surface area contributed by atoms with Gasteiger partial charge in [0.15, 0.2) is 0 Å². The number of carbonyl (C=O) groups excluding carboxylic acids is 2. The summed E-state index contributed by atoms with van der Waals surface area (Å²) >= 11 is 0. The SMILES string of the molecule is CCN(CC)C(=O)COCc1cncc(-c2cnc3c(c2)CCCN3C(N)=O)c1. The van der Waals surface area contributed by atoms with Crippen molar-refractivity contribution < 1.29 is 14.3 Å². The molecule has 3 rings (SSSR count). The number of aromatic nitrogens is 2. The van der Waals surface area contributed by atoms with Gasteiger partial charge < -0.3 is 15.4 Å². The van der Waals surface area contributed by atoms with Crippen LogP contribution in [0.3, 0.4) is 0 Å². The van der Waals surface area contributed by atoms with Gasteiger partial charge in [0.05, 0.1) is 6.61 Å². The van der Waals surface area contributed by atoms with Crippen LogP contribution in [0, 0.1) is 0 Å². The van der Waals surface area contributed by atoms with E-state index in [9.17, 15) is 9.59 Å². The van der Waals surface area contributed by atoms with Gasteiger partial charge >= 0.3 is 6.03 Å². The highest BCUT2D eigenvalue weighted by molar-refractivity contribution is 5.91. The highest BCUT2D eigenvalue weighted by atomic mass is 16.5. The fraction of sp³-hybridized carbons (Fsp3) is 0.429. The molecule has 1 aliphatic heterocycles. The van der Waals surface area contributed by atoms with E-state index in [0.29, 0.717) is 32.1 Å². The van der Waals surface area contributed by atoms with E-state index in [-0.39, 0.29) is 12.5 Å². The molecule has 2 aromatic rings. The topological polar surface area (TPSA) is 102 Å². The van der Waals surface area contributed by atoms with Crippen molar-refractivity contribution in [1.82, 2.24) is 14.9 Å². The Balaban J connectivity index is 1.70. The third kappa shape index (κ3) is 4.89. The van der Waals surface area contributed by atoms with Crippen molar-refractivity contribution in [2.45, 2.75) is 33.3 Å². The third-order valence-electron chi connectivity index (χ3n) is 5.03. The van der Waals surface area contributed by atoms with Crippen LogP contribution in [0.4, 0.5) is 10.6 Å². The summed E-state index contributed by atoms with van der Waals surface area (Å²) in [5.41, 5.74) is 9.16. The fourth-order valence-electron chi connectivity index (χ4n) is 3.48. The highest BCUT2D eigenvalue weighted by Crippen LogP contribution is 2.29. The van der Waals surface area contributed by atoms with Gasteiger partial charge in [-0.05, 0) is 49.9 Å². The average molecular weight is 397 g/mol. The molecule has 0 aromatic carbocycles. The first-order chi connectivity index (χ1) is 14.0. The number of anilines is 1. The number of carbonyl (C=O) groups is 2. The minimum absolute atomic E-state index is 0.0167. The Morgan fingerprint density at radius 3 is 2.66 bits per heavy atom. The third-order valence-corrected chi connectivity index (χ3v) is 5.03. The fourth-order valence-corrected chi connectivity index (χ4v) is 3.48. The first-order valence-electron chi connectivity index (χ1n) is 9.89. The van der Waals surface area contributed by atoms with Crippen molar-refractivity contribution in [3.8, 4) is 11.1 Å². The van der Waals surface area contributed by atoms with Gasteiger partial charge in [-0.2, -0.15) is 0 Å². The molecule has 3 amide bonds. The number of hydrogen-bond donors (Lipinski definition) is 1. The second-order valence-corrected chi connectivity index (χ2v) is 6.94. The van der Waals surface area contributed by atoms with Crippen LogP contribution < -0.4 is 10.6 Å². The van der Waals surface area contributed by atoms with E-state index in [1.165, 1.54) is 4.90 Å². The molecule has 3 heterocycles. The summed E-state index contributed by atoms with van der Waals surface area (Å²) in [6.45, 7) is 6.20. The molecule has 0 spiro atoms. The van der Waals surface area contributed by atoms with Crippen LogP contribution in [0.2, 0.25) is 0 Å². The second kappa shape index (κ2) is 9.47. The van der Waals surface area contributed by atoms with E-state index in [1.54, 1.807) is 23.5 Å². The van der Waals surface area contributed by atoms with Crippen LogP contribution in [0.5, 0.6) is 0 Å². The van der Waals surface area contributed by atoms with Gasteiger partial charge in [0, 0.05) is 49.4 Å². The maximum atomic E-state index is 12.0.